The van der Waals surface area contributed by atoms with Crippen molar-refractivity contribution < 1.29 is 18.6 Å². The maximum atomic E-state index is 13.1. The summed E-state index contributed by atoms with van der Waals surface area (Å²) in [5, 5.41) is 24.2. The third-order valence-corrected chi connectivity index (χ3v) is 2.86. The first-order valence-electron chi connectivity index (χ1n) is 5.99. The zero-order valence-corrected chi connectivity index (χ0v) is 11.0. The summed E-state index contributed by atoms with van der Waals surface area (Å²) in [6, 6.07) is 6.35. The molecule has 0 saturated heterocycles. The SMILES string of the molecule is O=[N+]([O-])c1ccc(NCc2ccc(F)c(F)c2)c([N+](=O)[O-])c1. The lowest BCUT2D eigenvalue weighted by Crippen LogP contribution is -2.04. The van der Waals surface area contributed by atoms with Gasteiger partial charge in [0.15, 0.2) is 11.6 Å². The summed E-state index contributed by atoms with van der Waals surface area (Å²) in [4.78, 5) is 20.1. The molecule has 0 bridgehead atoms. The second kappa shape index (κ2) is 6.12. The molecule has 0 radical (unpaired) electrons. The standard InChI is InChI=1S/C13H9F2N3O4/c14-10-3-1-8(5-11(10)15)7-16-12-4-2-9(17(19)20)6-13(12)18(21)22/h1-6,16H,7H2. The molecule has 0 atom stereocenters. The third kappa shape index (κ3) is 3.32. The minimum atomic E-state index is -1.03. The molecule has 2 aromatic carbocycles. The van der Waals surface area contributed by atoms with Crippen LogP contribution in [-0.2, 0) is 6.54 Å². The Bertz CT molecular complexity index is 752. The van der Waals surface area contributed by atoms with Crippen molar-refractivity contribution in [3.8, 4) is 0 Å². The molecule has 2 rings (SSSR count). The smallest absolute Gasteiger partial charge is 0.299 e. The number of nitrogens with zero attached hydrogens (tertiary/aromatic N) is 2. The van der Waals surface area contributed by atoms with E-state index in [9.17, 15) is 29.0 Å². The average Bonchev–Trinajstić information content (AvgIpc) is 2.48. The molecular weight excluding hydrogens is 300 g/mol. The van der Waals surface area contributed by atoms with Crippen molar-refractivity contribution in [3.05, 3.63) is 73.8 Å². The Hall–Kier alpha value is -3.10. The number of nitro benzene ring substituents is 2. The summed E-state index contributed by atoms with van der Waals surface area (Å²) >= 11 is 0. The zero-order valence-electron chi connectivity index (χ0n) is 11.0. The number of nitrogens with one attached hydrogen (secondary N) is 1. The van der Waals surface area contributed by atoms with Crippen LogP contribution in [0, 0.1) is 31.9 Å². The van der Waals surface area contributed by atoms with Crippen molar-refractivity contribution in [2.24, 2.45) is 0 Å². The van der Waals surface area contributed by atoms with E-state index in [1.54, 1.807) is 0 Å². The van der Waals surface area contributed by atoms with E-state index in [4.69, 9.17) is 0 Å². The fraction of sp³-hybridized carbons (Fsp3) is 0.0769. The van der Waals surface area contributed by atoms with Gasteiger partial charge in [-0.15, -0.1) is 0 Å². The van der Waals surface area contributed by atoms with Crippen LogP contribution in [0.15, 0.2) is 36.4 Å². The molecule has 0 unspecified atom stereocenters. The van der Waals surface area contributed by atoms with Crippen LogP contribution in [0.5, 0.6) is 0 Å². The second-order valence-electron chi connectivity index (χ2n) is 4.32. The van der Waals surface area contributed by atoms with Crippen molar-refractivity contribution in [1.82, 2.24) is 0 Å². The molecule has 0 aliphatic rings. The Kier molecular flexibility index (Phi) is 4.25. The van der Waals surface area contributed by atoms with E-state index in [0.29, 0.717) is 5.56 Å². The van der Waals surface area contributed by atoms with E-state index in [0.717, 1.165) is 24.3 Å². The van der Waals surface area contributed by atoms with Gasteiger partial charge in [0.2, 0.25) is 0 Å². The molecule has 0 amide bonds. The molecule has 7 nitrogen and oxygen atoms in total. The van der Waals surface area contributed by atoms with Crippen molar-refractivity contribution in [1.29, 1.82) is 0 Å². The zero-order chi connectivity index (χ0) is 16.3. The van der Waals surface area contributed by atoms with Crippen LogP contribution in [0.25, 0.3) is 0 Å². The summed E-state index contributed by atoms with van der Waals surface area (Å²) in [7, 11) is 0. The lowest BCUT2D eigenvalue weighted by Gasteiger charge is -2.07. The number of anilines is 1. The van der Waals surface area contributed by atoms with Crippen LogP contribution < -0.4 is 5.32 Å². The van der Waals surface area contributed by atoms with Gasteiger partial charge in [0.1, 0.15) is 5.69 Å². The van der Waals surface area contributed by atoms with Gasteiger partial charge in [-0.05, 0) is 23.8 Å². The first kappa shape index (κ1) is 15.3. The van der Waals surface area contributed by atoms with Crippen molar-refractivity contribution >= 4 is 17.1 Å². The van der Waals surface area contributed by atoms with Crippen LogP contribution >= 0.6 is 0 Å². The van der Waals surface area contributed by atoms with E-state index < -0.39 is 32.9 Å². The summed E-state index contributed by atoms with van der Waals surface area (Å²) in [6.07, 6.45) is 0. The van der Waals surface area contributed by atoms with Gasteiger partial charge in [0.05, 0.1) is 15.9 Å². The van der Waals surface area contributed by atoms with E-state index in [1.807, 2.05) is 0 Å². The summed E-state index contributed by atoms with van der Waals surface area (Å²) in [5.41, 5.74) is -0.478. The highest BCUT2D eigenvalue weighted by atomic mass is 19.2. The maximum absolute atomic E-state index is 13.1. The summed E-state index contributed by atoms with van der Waals surface area (Å²) < 4.78 is 25.9. The number of nitro groups is 2. The number of hydrogen-bond donors (Lipinski definition) is 1. The van der Waals surface area contributed by atoms with Gasteiger partial charge in [-0.3, -0.25) is 20.2 Å². The number of hydrogen-bond acceptors (Lipinski definition) is 5. The minimum absolute atomic E-state index is 0.00412. The fourth-order valence-corrected chi connectivity index (χ4v) is 1.78. The molecule has 114 valence electrons. The van der Waals surface area contributed by atoms with Gasteiger partial charge in [0.25, 0.3) is 11.4 Å². The summed E-state index contributed by atoms with van der Waals surface area (Å²) in [6.45, 7) is -0.00412. The van der Waals surface area contributed by atoms with Crippen LogP contribution in [0.3, 0.4) is 0 Å². The Labute approximate surface area is 122 Å². The first-order valence-corrected chi connectivity index (χ1v) is 5.99. The van der Waals surface area contributed by atoms with Crippen LogP contribution in [-0.4, -0.2) is 9.85 Å². The third-order valence-electron chi connectivity index (χ3n) is 2.86. The van der Waals surface area contributed by atoms with E-state index >= 15 is 0 Å². The monoisotopic (exact) mass is 309 g/mol. The Morgan fingerprint density at radius 1 is 0.955 bits per heavy atom. The molecule has 0 fully saturated rings. The predicted octanol–water partition coefficient (Wildman–Crippen LogP) is 3.39. The normalized spacial score (nSPS) is 10.3. The molecule has 0 saturated carbocycles. The molecule has 0 aliphatic heterocycles. The van der Waals surface area contributed by atoms with Crippen LogP contribution in [0.1, 0.15) is 5.56 Å². The second-order valence-corrected chi connectivity index (χ2v) is 4.32. The molecule has 9 heteroatoms. The average molecular weight is 309 g/mol. The Balaban J connectivity index is 2.23. The molecule has 22 heavy (non-hydrogen) atoms. The van der Waals surface area contributed by atoms with E-state index in [1.165, 1.54) is 12.1 Å². The number of non-ortho nitro benzene ring substituents is 1. The predicted molar refractivity (Wildman–Crippen MR) is 73.4 cm³/mol. The molecule has 0 spiro atoms. The van der Waals surface area contributed by atoms with Crippen molar-refractivity contribution in [3.63, 3.8) is 0 Å². The van der Waals surface area contributed by atoms with Crippen molar-refractivity contribution in [2.75, 3.05) is 5.32 Å². The van der Waals surface area contributed by atoms with Gasteiger partial charge < -0.3 is 5.32 Å². The fourth-order valence-electron chi connectivity index (χ4n) is 1.78. The highest BCUT2D eigenvalue weighted by molar-refractivity contribution is 5.65. The van der Waals surface area contributed by atoms with Crippen molar-refractivity contribution in [2.45, 2.75) is 6.54 Å². The minimum Gasteiger partial charge on any atom is -0.375 e. The van der Waals surface area contributed by atoms with Gasteiger partial charge >= 0.3 is 0 Å². The largest absolute Gasteiger partial charge is 0.375 e. The molecule has 0 heterocycles. The highest BCUT2D eigenvalue weighted by Gasteiger charge is 2.19. The Morgan fingerprint density at radius 2 is 1.68 bits per heavy atom. The first-order chi connectivity index (χ1) is 10.4. The highest BCUT2D eigenvalue weighted by Crippen LogP contribution is 2.29. The van der Waals surface area contributed by atoms with Crippen LogP contribution in [0.4, 0.5) is 25.8 Å². The molecule has 1 N–H and O–H groups in total. The molecule has 0 aliphatic carbocycles. The topological polar surface area (TPSA) is 98.3 Å². The quantitative estimate of drug-likeness (QED) is 0.674. The van der Waals surface area contributed by atoms with E-state index in [2.05, 4.69) is 5.32 Å². The van der Waals surface area contributed by atoms with E-state index in [-0.39, 0.29) is 12.2 Å². The summed E-state index contributed by atoms with van der Waals surface area (Å²) in [5.74, 6) is -2.03. The van der Waals surface area contributed by atoms with Gasteiger partial charge in [-0.2, -0.15) is 0 Å². The lowest BCUT2D eigenvalue weighted by atomic mass is 10.2. The van der Waals surface area contributed by atoms with Gasteiger partial charge in [-0.1, -0.05) is 6.07 Å². The molecular formula is C13H9F2N3O4. The van der Waals surface area contributed by atoms with Crippen LogP contribution in [0.2, 0.25) is 0 Å². The Morgan fingerprint density at radius 3 is 2.27 bits per heavy atom. The number of rotatable bonds is 5. The number of halogens is 2. The lowest BCUT2D eigenvalue weighted by molar-refractivity contribution is -0.393. The van der Waals surface area contributed by atoms with Gasteiger partial charge in [0, 0.05) is 12.6 Å². The number of benzene rings is 2. The van der Waals surface area contributed by atoms with Gasteiger partial charge in [-0.25, -0.2) is 8.78 Å². The molecule has 2 aromatic rings. The molecule has 0 aromatic heterocycles. The maximum Gasteiger partial charge on any atom is 0.299 e.